The van der Waals surface area contributed by atoms with Gasteiger partial charge in [-0.15, -0.1) is 0 Å². The maximum Gasteiger partial charge on any atom is 0.0897 e. The molecule has 0 aliphatic heterocycles. The molecule has 0 aliphatic carbocycles. The molecule has 0 radical (unpaired) electrons. The van der Waals surface area contributed by atoms with E-state index in [9.17, 15) is 10.2 Å². The molecule has 2 atom stereocenters. The molecule has 0 rings (SSSR count). The first-order valence-corrected chi connectivity index (χ1v) is 8.37. The molecule has 0 amide bonds. The van der Waals surface area contributed by atoms with Gasteiger partial charge in [0.25, 0.3) is 0 Å². The molecule has 0 saturated heterocycles. The molecule has 0 aliphatic rings. The summed E-state index contributed by atoms with van der Waals surface area (Å²) < 4.78 is 10.7. The summed E-state index contributed by atoms with van der Waals surface area (Å²) in [5.41, 5.74) is 0. The molecule has 128 valence electrons. The van der Waals surface area contributed by atoms with Crippen molar-refractivity contribution in [2.75, 3.05) is 39.5 Å². The van der Waals surface area contributed by atoms with Gasteiger partial charge in [0.15, 0.2) is 0 Å². The number of unbranched alkanes of at least 4 members (excludes halogenated alkanes) is 1. The van der Waals surface area contributed by atoms with E-state index < -0.39 is 6.10 Å². The number of rotatable bonds is 15. The maximum absolute atomic E-state index is 9.95. The fourth-order valence-corrected chi connectivity index (χ4v) is 2.14. The van der Waals surface area contributed by atoms with Gasteiger partial charge in [0.1, 0.15) is 0 Å². The maximum atomic E-state index is 9.95. The van der Waals surface area contributed by atoms with E-state index in [0.717, 1.165) is 32.3 Å². The average Bonchev–Trinajstić information content (AvgIpc) is 2.47. The third-order valence-electron chi connectivity index (χ3n) is 3.65. The summed E-state index contributed by atoms with van der Waals surface area (Å²) in [5.74, 6) is 0.325. The molecule has 5 heteroatoms. The molecular weight excluding hydrogens is 270 g/mol. The topological polar surface area (TPSA) is 71.0 Å². The van der Waals surface area contributed by atoms with Crippen LogP contribution in [0.15, 0.2) is 0 Å². The molecule has 0 spiro atoms. The number of hydrogen-bond acceptors (Lipinski definition) is 5. The molecule has 0 fully saturated rings. The highest BCUT2D eigenvalue weighted by Crippen LogP contribution is 2.12. The summed E-state index contributed by atoms with van der Waals surface area (Å²) >= 11 is 0. The van der Waals surface area contributed by atoms with Gasteiger partial charge in [-0.3, -0.25) is 0 Å². The van der Waals surface area contributed by atoms with Crippen LogP contribution in [0.4, 0.5) is 0 Å². The van der Waals surface area contributed by atoms with E-state index in [1.165, 1.54) is 0 Å². The average molecular weight is 305 g/mol. The second-order valence-electron chi connectivity index (χ2n) is 5.50. The lowest BCUT2D eigenvalue weighted by molar-refractivity contribution is 0.00252. The SMILES string of the molecule is CCCCOCCOCC(O)CNCC(O)C(CC)CC. The Morgan fingerprint density at radius 2 is 1.57 bits per heavy atom. The number of aliphatic hydroxyl groups is 2. The Morgan fingerprint density at radius 1 is 0.905 bits per heavy atom. The largest absolute Gasteiger partial charge is 0.392 e. The van der Waals surface area contributed by atoms with Crippen LogP contribution >= 0.6 is 0 Å². The van der Waals surface area contributed by atoms with Crippen molar-refractivity contribution in [1.82, 2.24) is 5.32 Å². The molecule has 0 aromatic carbocycles. The third kappa shape index (κ3) is 12.1. The summed E-state index contributed by atoms with van der Waals surface area (Å²) in [4.78, 5) is 0. The zero-order valence-electron chi connectivity index (χ0n) is 14.0. The van der Waals surface area contributed by atoms with Crippen LogP contribution in [0.25, 0.3) is 0 Å². The summed E-state index contributed by atoms with van der Waals surface area (Å²) in [7, 11) is 0. The summed E-state index contributed by atoms with van der Waals surface area (Å²) in [5, 5.41) is 22.8. The van der Waals surface area contributed by atoms with Gasteiger partial charge in [-0.05, 0) is 12.3 Å². The zero-order valence-corrected chi connectivity index (χ0v) is 14.0. The second kappa shape index (κ2) is 14.7. The highest BCUT2D eigenvalue weighted by Gasteiger charge is 2.15. The van der Waals surface area contributed by atoms with Gasteiger partial charge in [0, 0.05) is 19.7 Å². The summed E-state index contributed by atoms with van der Waals surface area (Å²) in [6.45, 7) is 9.42. The Labute approximate surface area is 130 Å². The minimum Gasteiger partial charge on any atom is -0.392 e. The van der Waals surface area contributed by atoms with Crippen LogP contribution in [0, 0.1) is 5.92 Å². The van der Waals surface area contributed by atoms with E-state index in [-0.39, 0.29) is 6.10 Å². The minimum atomic E-state index is -0.547. The molecule has 0 heterocycles. The predicted molar refractivity (Wildman–Crippen MR) is 85.5 cm³/mol. The number of ether oxygens (including phenoxy) is 2. The van der Waals surface area contributed by atoms with Gasteiger partial charge in [-0.1, -0.05) is 40.0 Å². The fraction of sp³-hybridized carbons (Fsp3) is 1.00. The molecular formula is C16H35NO4. The lowest BCUT2D eigenvalue weighted by Crippen LogP contribution is -2.38. The molecule has 0 bridgehead atoms. The summed E-state index contributed by atoms with van der Waals surface area (Å²) in [6, 6.07) is 0. The molecule has 3 N–H and O–H groups in total. The van der Waals surface area contributed by atoms with E-state index in [2.05, 4.69) is 26.1 Å². The first-order chi connectivity index (χ1) is 10.2. The van der Waals surface area contributed by atoms with Crippen molar-refractivity contribution >= 4 is 0 Å². The van der Waals surface area contributed by atoms with E-state index >= 15 is 0 Å². The van der Waals surface area contributed by atoms with E-state index in [1.807, 2.05) is 0 Å². The van der Waals surface area contributed by atoms with Gasteiger partial charge in [-0.25, -0.2) is 0 Å². The molecule has 0 aromatic rings. The summed E-state index contributed by atoms with van der Waals surface area (Å²) in [6.07, 6.45) is 3.26. The number of nitrogens with one attached hydrogen (secondary N) is 1. The van der Waals surface area contributed by atoms with Crippen molar-refractivity contribution in [3.05, 3.63) is 0 Å². The smallest absolute Gasteiger partial charge is 0.0897 e. The first kappa shape index (κ1) is 20.8. The lowest BCUT2D eigenvalue weighted by Gasteiger charge is -2.21. The predicted octanol–water partition coefficient (Wildman–Crippen LogP) is 1.57. The van der Waals surface area contributed by atoms with Gasteiger partial charge in [0.05, 0.1) is 32.0 Å². The molecule has 21 heavy (non-hydrogen) atoms. The quantitative estimate of drug-likeness (QED) is 0.401. The monoisotopic (exact) mass is 305 g/mol. The Bertz CT molecular complexity index is 212. The first-order valence-electron chi connectivity index (χ1n) is 8.37. The Balaban J connectivity index is 3.43. The molecule has 5 nitrogen and oxygen atoms in total. The van der Waals surface area contributed by atoms with E-state index in [0.29, 0.717) is 38.8 Å². The zero-order chi connectivity index (χ0) is 15.9. The van der Waals surface area contributed by atoms with Crippen LogP contribution in [0.5, 0.6) is 0 Å². The van der Waals surface area contributed by atoms with Crippen LogP contribution in [-0.4, -0.2) is 61.9 Å². The van der Waals surface area contributed by atoms with Crippen LogP contribution in [-0.2, 0) is 9.47 Å². The van der Waals surface area contributed by atoms with Crippen LogP contribution in [0.3, 0.4) is 0 Å². The van der Waals surface area contributed by atoms with Crippen molar-refractivity contribution in [3.63, 3.8) is 0 Å². The number of hydrogen-bond donors (Lipinski definition) is 3. The third-order valence-corrected chi connectivity index (χ3v) is 3.65. The van der Waals surface area contributed by atoms with Crippen molar-refractivity contribution < 1.29 is 19.7 Å². The van der Waals surface area contributed by atoms with Crippen molar-refractivity contribution in [2.24, 2.45) is 5.92 Å². The lowest BCUT2D eigenvalue weighted by atomic mass is 9.96. The fourth-order valence-electron chi connectivity index (χ4n) is 2.14. The minimum absolute atomic E-state index is 0.297. The number of aliphatic hydroxyl groups excluding tert-OH is 2. The van der Waals surface area contributed by atoms with Crippen LogP contribution < -0.4 is 5.32 Å². The normalized spacial score (nSPS) is 14.6. The van der Waals surface area contributed by atoms with Crippen molar-refractivity contribution in [2.45, 2.75) is 58.7 Å². The Kier molecular flexibility index (Phi) is 14.6. The Hall–Kier alpha value is -0.200. The van der Waals surface area contributed by atoms with Crippen LogP contribution in [0.1, 0.15) is 46.5 Å². The highest BCUT2D eigenvalue weighted by atomic mass is 16.5. The van der Waals surface area contributed by atoms with Crippen molar-refractivity contribution in [1.29, 1.82) is 0 Å². The van der Waals surface area contributed by atoms with E-state index in [4.69, 9.17) is 9.47 Å². The van der Waals surface area contributed by atoms with Gasteiger partial charge < -0.3 is 25.0 Å². The van der Waals surface area contributed by atoms with Gasteiger partial charge in [0.2, 0.25) is 0 Å². The highest BCUT2D eigenvalue weighted by molar-refractivity contribution is 4.70. The Morgan fingerprint density at radius 3 is 2.19 bits per heavy atom. The standard InChI is InChI=1S/C16H35NO4/c1-4-7-8-20-9-10-21-13-15(18)11-17-12-16(19)14(5-2)6-3/h14-19H,4-13H2,1-3H3. The molecule has 0 aromatic heterocycles. The van der Waals surface area contributed by atoms with Gasteiger partial charge >= 0.3 is 0 Å². The molecule has 0 saturated carbocycles. The second-order valence-corrected chi connectivity index (χ2v) is 5.50. The van der Waals surface area contributed by atoms with Crippen molar-refractivity contribution in [3.8, 4) is 0 Å². The molecule has 2 unspecified atom stereocenters. The van der Waals surface area contributed by atoms with Crippen LogP contribution in [0.2, 0.25) is 0 Å². The van der Waals surface area contributed by atoms with E-state index in [1.54, 1.807) is 0 Å². The van der Waals surface area contributed by atoms with Gasteiger partial charge in [-0.2, -0.15) is 0 Å².